The SMILES string of the molecule is Nc1c(N=Nc2ccc(-c3ccc(N=Nc4ccc(O)cc4)cc3)cc2)c(S(=O)(=O)O)cc2cc(S(=O)(=O)O)c(N=Nc3ccccc3)c(O)c12.[Na].[Na]. The molecule has 0 atom stereocenters. The molecule has 0 amide bonds. The summed E-state index contributed by atoms with van der Waals surface area (Å²) >= 11 is 0. The molecule has 6 aromatic rings. The van der Waals surface area contributed by atoms with Gasteiger partial charge in [-0.25, -0.2) is 0 Å². The first-order valence-electron chi connectivity index (χ1n) is 14.6. The summed E-state index contributed by atoms with van der Waals surface area (Å²) in [5.74, 6) is -0.726. The van der Waals surface area contributed by atoms with Gasteiger partial charge >= 0.3 is 0 Å². The van der Waals surface area contributed by atoms with Gasteiger partial charge in [0.2, 0.25) is 0 Å². The van der Waals surface area contributed by atoms with Gasteiger partial charge in [-0.15, -0.1) is 10.2 Å². The quantitative estimate of drug-likeness (QED) is 0.0409. The largest absolute Gasteiger partial charge is 0.508 e. The first kappa shape index (κ1) is 41.4. The van der Waals surface area contributed by atoms with Gasteiger partial charge in [0.1, 0.15) is 26.9 Å². The van der Waals surface area contributed by atoms with Crippen LogP contribution in [0.25, 0.3) is 21.9 Å². The van der Waals surface area contributed by atoms with E-state index in [4.69, 9.17) is 5.73 Å². The maximum Gasteiger partial charge on any atom is 0.296 e. The molecule has 0 aliphatic rings. The van der Waals surface area contributed by atoms with Crippen molar-refractivity contribution in [3.63, 3.8) is 0 Å². The molecule has 0 aliphatic heterocycles. The monoisotopic (exact) mass is 769 g/mol. The van der Waals surface area contributed by atoms with Crippen LogP contribution in [0, 0.1) is 0 Å². The molecule has 0 bridgehead atoms. The van der Waals surface area contributed by atoms with Crippen molar-refractivity contribution in [1.29, 1.82) is 0 Å². The minimum Gasteiger partial charge on any atom is -0.508 e. The topological polar surface area (TPSA) is 249 Å². The molecule has 0 fully saturated rings. The first-order chi connectivity index (χ1) is 24.3. The molecular weight excluding hydrogens is 745 g/mol. The van der Waals surface area contributed by atoms with E-state index in [1.54, 1.807) is 78.9 Å². The maximum absolute atomic E-state index is 12.4. The van der Waals surface area contributed by atoms with E-state index in [9.17, 15) is 36.2 Å². The van der Waals surface area contributed by atoms with Gasteiger partial charge in [-0.1, -0.05) is 42.5 Å². The summed E-state index contributed by atoms with van der Waals surface area (Å²) in [7, 11) is -10.1. The molecule has 15 nitrogen and oxygen atoms in total. The number of benzene rings is 6. The number of nitrogens with two attached hydrogens (primary N) is 1. The van der Waals surface area contributed by atoms with Crippen molar-refractivity contribution in [3.05, 3.63) is 115 Å². The molecule has 2 radical (unpaired) electrons. The predicted octanol–water partition coefficient (Wildman–Crippen LogP) is 8.48. The Kier molecular flexibility index (Phi) is 13.4. The first-order valence-corrected chi connectivity index (χ1v) is 17.5. The average Bonchev–Trinajstić information content (AvgIpc) is 3.10. The van der Waals surface area contributed by atoms with Crippen molar-refractivity contribution in [2.24, 2.45) is 30.7 Å². The van der Waals surface area contributed by atoms with Crippen LogP contribution in [-0.4, -0.2) is 95.3 Å². The van der Waals surface area contributed by atoms with Gasteiger partial charge in [0, 0.05) is 59.1 Å². The van der Waals surface area contributed by atoms with E-state index in [1.807, 2.05) is 12.1 Å². The maximum atomic E-state index is 12.4. The van der Waals surface area contributed by atoms with Gasteiger partial charge in [-0.05, 0) is 89.3 Å². The summed E-state index contributed by atoms with van der Waals surface area (Å²) in [5, 5.41) is 44.2. The molecule has 0 saturated heterocycles. The molecule has 0 aromatic heterocycles. The number of aromatic hydroxyl groups is 2. The van der Waals surface area contributed by atoms with Crippen molar-refractivity contribution in [3.8, 4) is 22.6 Å². The van der Waals surface area contributed by atoms with Crippen LogP contribution < -0.4 is 5.73 Å². The summed E-state index contributed by atoms with van der Waals surface area (Å²) < 4.78 is 69.3. The Labute approximate surface area is 347 Å². The number of azo groups is 3. The zero-order valence-corrected chi connectivity index (χ0v) is 33.6. The van der Waals surface area contributed by atoms with Crippen molar-refractivity contribution < 1.29 is 36.2 Å². The third kappa shape index (κ3) is 9.78. The Morgan fingerprint density at radius 2 is 0.868 bits per heavy atom. The fourth-order valence-corrected chi connectivity index (χ4v) is 6.22. The van der Waals surface area contributed by atoms with Crippen LogP contribution >= 0.6 is 0 Å². The minimum absolute atomic E-state index is 0. The molecule has 258 valence electrons. The summed E-state index contributed by atoms with van der Waals surface area (Å²) in [6.45, 7) is 0. The number of nitrogens with zero attached hydrogens (tertiary/aromatic N) is 6. The summed E-state index contributed by atoms with van der Waals surface area (Å²) in [5.41, 5.74) is 7.96. The Hall–Kier alpha value is -4.40. The fourth-order valence-electron chi connectivity index (χ4n) is 4.89. The molecule has 0 spiro atoms. The zero-order chi connectivity index (χ0) is 36.3. The molecule has 0 heterocycles. The number of anilines is 1. The molecule has 6 N–H and O–H groups in total. The molecular formula is C34H25N7Na2O8S2. The normalized spacial score (nSPS) is 12.0. The van der Waals surface area contributed by atoms with Gasteiger partial charge < -0.3 is 15.9 Å². The minimum atomic E-state index is -5.03. The third-order valence-corrected chi connectivity index (χ3v) is 9.09. The van der Waals surface area contributed by atoms with Crippen LogP contribution in [0.15, 0.2) is 156 Å². The molecule has 6 aromatic carbocycles. The van der Waals surface area contributed by atoms with Crippen LogP contribution in [0.1, 0.15) is 0 Å². The number of phenols is 2. The van der Waals surface area contributed by atoms with Gasteiger partial charge in [-0.3, -0.25) is 9.11 Å². The smallest absolute Gasteiger partial charge is 0.296 e. The van der Waals surface area contributed by atoms with Gasteiger partial charge in [0.15, 0.2) is 5.75 Å². The van der Waals surface area contributed by atoms with E-state index in [0.717, 1.165) is 23.3 Å². The standard InChI is InChI=1S/C34H25N7O8S2.2Na/c35-31-30-22(19-29(51(47,48)49)33(34(30)43)41-38-23-4-2-1-3-5-23)18-28(50(44,45)46)32(31)40-39-25-12-8-21(9-13-25)20-6-10-24(11-7-20)36-37-26-14-16-27(42)17-15-26;;/h1-19,42-43H,35H2,(H,44,45,46)(H,47,48,49);;. The van der Waals surface area contributed by atoms with Crippen LogP contribution in [-0.2, 0) is 20.2 Å². The second kappa shape index (κ2) is 17.2. The van der Waals surface area contributed by atoms with E-state index in [2.05, 4.69) is 30.7 Å². The van der Waals surface area contributed by atoms with E-state index in [0.29, 0.717) is 17.1 Å². The fraction of sp³-hybridized carbons (Fsp3) is 0. The van der Waals surface area contributed by atoms with Crippen molar-refractivity contribution >= 4 is 130 Å². The average molecular weight is 770 g/mol. The van der Waals surface area contributed by atoms with Crippen LogP contribution in [0.3, 0.4) is 0 Å². The Bertz CT molecular complexity index is 2590. The van der Waals surface area contributed by atoms with E-state index in [-0.39, 0.29) is 81.3 Å². The number of fused-ring (bicyclic) bond motifs is 1. The molecule has 0 unspecified atom stereocenters. The van der Waals surface area contributed by atoms with E-state index >= 15 is 0 Å². The molecule has 0 aliphatic carbocycles. The van der Waals surface area contributed by atoms with Crippen molar-refractivity contribution in [2.75, 3.05) is 5.73 Å². The Morgan fingerprint density at radius 1 is 0.491 bits per heavy atom. The summed E-state index contributed by atoms with van der Waals surface area (Å²) in [4.78, 5) is -1.73. The number of rotatable bonds is 9. The van der Waals surface area contributed by atoms with Gasteiger partial charge in [0.05, 0.1) is 33.8 Å². The number of phenolic OH excluding ortho intramolecular Hbond substituents is 2. The van der Waals surface area contributed by atoms with Crippen molar-refractivity contribution in [1.82, 2.24) is 0 Å². The summed E-state index contributed by atoms with van der Waals surface area (Å²) in [6, 6.07) is 29.9. The van der Waals surface area contributed by atoms with Gasteiger partial charge in [0.25, 0.3) is 20.2 Å². The summed E-state index contributed by atoms with van der Waals surface area (Å²) in [6.07, 6.45) is 0. The number of hydrogen-bond donors (Lipinski definition) is 5. The van der Waals surface area contributed by atoms with Crippen molar-refractivity contribution in [2.45, 2.75) is 9.79 Å². The van der Waals surface area contributed by atoms with E-state index in [1.165, 1.54) is 12.1 Å². The van der Waals surface area contributed by atoms with E-state index < -0.39 is 52.8 Å². The molecule has 53 heavy (non-hydrogen) atoms. The Morgan fingerprint density at radius 3 is 1.32 bits per heavy atom. The Balaban J connectivity index is 0.00000314. The second-order valence-electron chi connectivity index (χ2n) is 10.8. The second-order valence-corrected chi connectivity index (χ2v) is 13.6. The van der Waals surface area contributed by atoms with Crippen LogP contribution in [0.4, 0.5) is 39.8 Å². The van der Waals surface area contributed by atoms with Crippen LogP contribution in [0.2, 0.25) is 0 Å². The molecule has 6 rings (SSSR count). The molecule has 0 saturated carbocycles. The molecule has 19 heteroatoms. The zero-order valence-electron chi connectivity index (χ0n) is 28.0. The predicted molar refractivity (Wildman–Crippen MR) is 200 cm³/mol. The van der Waals surface area contributed by atoms with Crippen LogP contribution in [0.5, 0.6) is 11.5 Å². The number of hydrogen-bond acceptors (Lipinski definition) is 13. The van der Waals surface area contributed by atoms with Gasteiger partial charge in [-0.2, -0.15) is 37.3 Å². The third-order valence-electron chi connectivity index (χ3n) is 7.36. The number of nitrogen functional groups attached to an aromatic ring is 1.